The first-order chi connectivity index (χ1) is 12.5. The standard InChI is InChI=1S/C19H25N3O4/c1-20(13-17(23)24)14-5-4-9-21(10-8-14)11-12-22-18(25)15-6-2-3-7-16(15)19(22)26/h2-3,6-7,14H,4-5,8-13H2,1H3,(H,23,24). The van der Waals surface area contributed by atoms with Gasteiger partial charge < -0.3 is 10.0 Å². The number of hydrogen-bond donors (Lipinski definition) is 1. The number of likely N-dealkylation sites (tertiary alicyclic amines) is 1. The van der Waals surface area contributed by atoms with E-state index in [2.05, 4.69) is 4.90 Å². The summed E-state index contributed by atoms with van der Waals surface area (Å²) in [5, 5.41) is 8.94. The zero-order valence-electron chi connectivity index (χ0n) is 15.1. The molecule has 0 radical (unpaired) electrons. The lowest BCUT2D eigenvalue weighted by Crippen LogP contribution is -2.39. The van der Waals surface area contributed by atoms with Crippen LogP contribution in [0.1, 0.15) is 40.0 Å². The van der Waals surface area contributed by atoms with Crippen LogP contribution in [0.5, 0.6) is 0 Å². The molecule has 140 valence electrons. The molecule has 2 amide bonds. The van der Waals surface area contributed by atoms with Crippen LogP contribution in [-0.2, 0) is 4.79 Å². The number of amides is 2. The summed E-state index contributed by atoms with van der Waals surface area (Å²) in [6, 6.07) is 7.20. The zero-order chi connectivity index (χ0) is 18.7. The van der Waals surface area contributed by atoms with Crippen LogP contribution in [0, 0.1) is 0 Å². The second-order valence-corrected chi connectivity index (χ2v) is 7.04. The van der Waals surface area contributed by atoms with Gasteiger partial charge in [-0.15, -0.1) is 0 Å². The number of rotatable bonds is 6. The maximum Gasteiger partial charge on any atom is 0.317 e. The molecule has 7 heteroatoms. The van der Waals surface area contributed by atoms with Crippen LogP contribution in [0.2, 0.25) is 0 Å². The Kier molecular flexibility index (Phi) is 5.68. The van der Waals surface area contributed by atoms with Crippen LogP contribution >= 0.6 is 0 Å². The van der Waals surface area contributed by atoms with Crippen molar-refractivity contribution in [2.75, 3.05) is 39.8 Å². The van der Waals surface area contributed by atoms with Gasteiger partial charge in [-0.25, -0.2) is 0 Å². The molecule has 0 bridgehead atoms. The molecule has 2 aliphatic rings. The average Bonchev–Trinajstić information content (AvgIpc) is 2.78. The molecule has 1 unspecified atom stereocenters. The number of benzene rings is 1. The number of nitrogens with zero attached hydrogens (tertiary/aromatic N) is 3. The number of fused-ring (bicyclic) bond motifs is 1. The van der Waals surface area contributed by atoms with E-state index >= 15 is 0 Å². The third-order valence-corrected chi connectivity index (χ3v) is 5.32. The largest absolute Gasteiger partial charge is 0.480 e. The van der Waals surface area contributed by atoms with E-state index in [0.717, 1.165) is 32.4 Å². The molecule has 0 saturated carbocycles. The van der Waals surface area contributed by atoms with E-state index in [0.29, 0.717) is 24.2 Å². The first-order valence-corrected chi connectivity index (χ1v) is 9.07. The number of likely N-dealkylation sites (N-methyl/N-ethyl adjacent to an activating group) is 1. The molecule has 1 fully saturated rings. The molecule has 0 aliphatic carbocycles. The fourth-order valence-electron chi connectivity index (χ4n) is 3.83. The highest BCUT2D eigenvalue weighted by Crippen LogP contribution is 2.22. The Hall–Kier alpha value is -2.25. The van der Waals surface area contributed by atoms with E-state index in [4.69, 9.17) is 5.11 Å². The molecule has 2 heterocycles. The van der Waals surface area contributed by atoms with Crippen molar-refractivity contribution in [2.24, 2.45) is 0 Å². The van der Waals surface area contributed by atoms with E-state index in [9.17, 15) is 14.4 Å². The van der Waals surface area contributed by atoms with Gasteiger partial charge in [0.25, 0.3) is 11.8 Å². The lowest BCUT2D eigenvalue weighted by atomic mass is 10.1. The van der Waals surface area contributed by atoms with E-state index in [1.807, 2.05) is 11.9 Å². The Morgan fingerprint density at radius 1 is 1.12 bits per heavy atom. The summed E-state index contributed by atoms with van der Waals surface area (Å²) in [6.45, 7) is 2.85. The van der Waals surface area contributed by atoms with Gasteiger partial charge in [0.15, 0.2) is 0 Å². The first-order valence-electron chi connectivity index (χ1n) is 9.07. The van der Waals surface area contributed by atoms with Gasteiger partial charge >= 0.3 is 5.97 Å². The molecule has 0 aromatic heterocycles. The van der Waals surface area contributed by atoms with Crippen LogP contribution < -0.4 is 0 Å². The Balaban J connectivity index is 1.52. The highest BCUT2D eigenvalue weighted by Gasteiger charge is 2.35. The lowest BCUT2D eigenvalue weighted by Gasteiger charge is -2.26. The van der Waals surface area contributed by atoms with Gasteiger partial charge in [-0.1, -0.05) is 12.1 Å². The summed E-state index contributed by atoms with van der Waals surface area (Å²) < 4.78 is 0. The molecule has 1 aromatic rings. The van der Waals surface area contributed by atoms with E-state index in [1.54, 1.807) is 24.3 Å². The molecule has 1 saturated heterocycles. The predicted molar refractivity (Wildman–Crippen MR) is 96.2 cm³/mol. The topological polar surface area (TPSA) is 81.2 Å². The smallest absolute Gasteiger partial charge is 0.317 e. The summed E-state index contributed by atoms with van der Waals surface area (Å²) in [5.74, 6) is -1.22. The van der Waals surface area contributed by atoms with Crippen LogP contribution in [0.25, 0.3) is 0 Å². The summed E-state index contributed by atoms with van der Waals surface area (Å²) in [4.78, 5) is 41.2. The van der Waals surface area contributed by atoms with Crippen LogP contribution in [0.15, 0.2) is 24.3 Å². The van der Waals surface area contributed by atoms with Gasteiger partial charge in [-0.3, -0.25) is 24.2 Å². The lowest BCUT2D eigenvalue weighted by molar-refractivity contribution is -0.138. The monoisotopic (exact) mass is 359 g/mol. The Labute approximate surface area is 153 Å². The fraction of sp³-hybridized carbons (Fsp3) is 0.526. The predicted octanol–water partition coefficient (Wildman–Crippen LogP) is 1.15. The van der Waals surface area contributed by atoms with Crippen LogP contribution in [0.3, 0.4) is 0 Å². The fourth-order valence-corrected chi connectivity index (χ4v) is 3.83. The molecule has 7 nitrogen and oxygen atoms in total. The van der Waals surface area contributed by atoms with Crippen molar-refractivity contribution in [3.63, 3.8) is 0 Å². The van der Waals surface area contributed by atoms with Gasteiger partial charge in [0.1, 0.15) is 0 Å². The number of carbonyl (C=O) groups is 3. The Morgan fingerprint density at radius 3 is 2.38 bits per heavy atom. The number of hydrogen-bond acceptors (Lipinski definition) is 5. The first kappa shape index (κ1) is 18.5. The number of imide groups is 1. The van der Waals surface area contributed by atoms with Crippen molar-refractivity contribution in [1.29, 1.82) is 0 Å². The van der Waals surface area contributed by atoms with Crippen LogP contribution in [-0.4, -0.2) is 83.4 Å². The van der Waals surface area contributed by atoms with E-state index in [-0.39, 0.29) is 24.4 Å². The maximum atomic E-state index is 12.4. The summed E-state index contributed by atoms with van der Waals surface area (Å²) >= 11 is 0. The Bertz CT molecular complexity index is 671. The molecular weight excluding hydrogens is 334 g/mol. The highest BCUT2D eigenvalue weighted by molar-refractivity contribution is 6.21. The minimum Gasteiger partial charge on any atom is -0.480 e. The number of carbonyl (C=O) groups excluding carboxylic acids is 2. The van der Waals surface area contributed by atoms with Gasteiger partial charge in [0.2, 0.25) is 0 Å². The third-order valence-electron chi connectivity index (χ3n) is 5.32. The second kappa shape index (κ2) is 7.97. The van der Waals surface area contributed by atoms with E-state index in [1.165, 1.54) is 4.90 Å². The maximum absolute atomic E-state index is 12.4. The van der Waals surface area contributed by atoms with Crippen molar-refractivity contribution in [2.45, 2.75) is 25.3 Å². The minimum absolute atomic E-state index is 0.0553. The molecule has 1 N–H and O–H groups in total. The Morgan fingerprint density at radius 2 is 1.77 bits per heavy atom. The molecule has 1 atom stereocenters. The van der Waals surface area contributed by atoms with Gasteiger partial charge in [0.05, 0.1) is 17.7 Å². The molecule has 0 spiro atoms. The van der Waals surface area contributed by atoms with E-state index < -0.39 is 5.97 Å². The summed E-state index contributed by atoms with van der Waals surface area (Å²) in [5.41, 5.74) is 0.979. The quantitative estimate of drug-likeness (QED) is 0.768. The third kappa shape index (κ3) is 3.94. The average molecular weight is 359 g/mol. The molecule has 1 aromatic carbocycles. The zero-order valence-corrected chi connectivity index (χ0v) is 15.1. The molecule has 3 rings (SSSR count). The van der Waals surface area contributed by atoms with Crippen molar-refractivity contribution in [1.82, 2.24) is 14.7 Å². The summed E-state index contributed by atoms with van der Waals surface area (Å²) in [7, 11) is 1.85. The number of carboxylic acids is 1. The van der Waals surface area contributed by atoms with Crippen molar-refractivity contribution >= 4 is 17.8 Å². The van der Waals surface area contributed by atoms with Gasteiger partial charge in [-0.05, 0) is 51.5 Å². The molecular formula is C19H25N3O4. The normalized spacial score (nSPS) is 21.2. The van der Waals surface area contributed by atoms with Gasteiger partial charge in [0, 0.05) is 19.1 Å². The number of aliphatic carboxylic acids is 1. The van der Waals surface area contributed by atoms with Crippen molar-refractivity contribution < 1.29 is 19.5 Å². The van der Waals surface area contributed by atoms with Crippen molar-refractivity contribution in [3.8, 4) is 0 Å². The number of carboxylic acid groups (broad SMARTS) is 1. The van der Waals surface area contributed by atoms with Gasteiger partial charge in [-0.2, -0.15) is 0 Å². The minimum atomic E-state index is -0.806. The SMILES string of the molecule is CN(CC(=O)O)C1CCCN(CCN2C(=O)c3ccccc3C2=O)CC1. The second-order valence-electron chi connectivity index (χ2n) is 7.04. The highest BCUT2D eigenvalue weighted by atomic mass is 16.4. The molecule has 2 aliphatic heterocycles. The molecule has 26 heavy (non-hydrogen) atoms. The van der Waals surface area contributed by atoms with Crippen molar-refractivity contribution in [3.05, 3.63) is 35.4 Å². The van der Waals surface area contributed by atoms with Crippen LogP contribution in [0.4, 0.5) is 0 Å². The summed E-state index contributed by atoms with van der Waals surface area (Å²) in [6.07, 6.45) is 2.84.